The first-order valence-corrected chi connectivity index (χ1v) is 5.99. The largest absolute Gasteiger partial charge is 0.391 e. The lowest BCUT2D eigenvalue weighted by atomic mass is 9.81. The van der Waals surface area contributed by atoms with Gasteiger partial charge in [-0.3, -0.25) is 4.79 Å². The number of hydrogen-bond acceptors (Lipinski definition) is 2. The van der Waals surface area contributed by atoms with Crippen molar-refractivity contribution in [2.24, 2.45) is 17.6 Å². The summed E-state index contributed by atoms with van der Waals surface area (Å²) in [6, 6.07) is 0. The zero-order valence-corrected chi connectivity index (χ0v) is 9.72. The first kappa shape index (κ1) is 14.3. The van der Waals surface area contributed by atoms with Gasteiger partial charge in [0.05, 0.1) is 5.92 Å². The SMILES string of the molecule is NCCCNC(=O)C1CCC(C(F)(F)F)CC1. The molecule has 0 atom stereocenters. The van der Waals surface area contributed by atoms with E-state index >= 15 is 0 Å². The Morgan fingerprint density at radius 1 is 1.24 bits per heavy atom. The molecule has 3 N–H and O–H groups in total. The highest BCUT2D eigenvalue weighted by molar-refractivity contribution is 5.78. The minimum atomic E-state index is -4.11. The highest BCUT2D eigenvalue weighted by Crippen LogP contribution is 2.39. The Labute approximate surface area is 98.9 Å². The number of hydrogen-bond donors (Lipinski definition) is 2. The lowest BCUT2D eigenvalue weighted by Crippen LogP contribution is -2.36. The van der Waals surface area contributed by atoms with E-state index in [4.69, 9.17) is 5.73 Å². The van der Waals surface area contributed by atoms with Gasteiger partial charge in [-0.2, -0.15) is 13.2 Å². The zero-order valence-electron chi connectivity index (χ0n) is 9.72. The van der Waals surface area contributed by atoms with E-state index in [1.807, 2.05) is 0 Å². The lowest BCUT2D eigenvalue weighted by Gasteiger charge is -2.29. The predicted octanol–water partition coefficient (Wildman–Crippen LogP) is 1.82. The second kappa shape index (κ2) is 6.23. The van der Waals surface area contributed by atoms with E-state index in [1.165, 1.54) is 0 Å². The Morgan fingerprint density at radius 2 is 1.82 bits per heavy atom. The number of alkyl halides is 3. The molecule has 6 heteroatoms. The minimum Gasteiger partial charge on any atom is -0.356 e. The summed E-state index contributed by atoms with van der Waals surface area (Å²) < 4.78 is 37.2. The molecule has 3 nitrogen and oxygen atoms in total. The van der Waals surface area contributed by atoms with E-state index in [9.17, 15) is 18.0 Å². The molecular formula is C11H19F3N2O. The summed E-state index contributed by atoms with van der Waals surface area (Å²) in [6.07, 6.45) is -2.61. The maximum Gasteiger partial charge on any atom is 0.391 e. The number of halogens is 3. The summed E-state index contributed by atoms with van der Waals surface area (Å²) in [5, 5.41) is 2.71. The molecule has 1 saturated carbocycles. The van der Waals surface area contributed by atoms with E-state index in [0.29, 0.717) is 32.4 Å². The van der Waals surface area contributed by atoms with Gasteiger partial charge in [-0.05, 0) is 38.6 Å². The van der Waals surface area contributed by atoms with Crippen molar-refractivity contribution in [1.82, 2.24) is 5.32 Å². The Morgan fingerprint density at radius 3 is 2.29 bits per heavy atom. The number of amides is 1. The molecule has 0 heterocycles. The molecule has 0 aromatic carbocycles. The van der Waals surface area contributed by atoms with Crippen LogP contribution in [0.25, 0.3) is 0 Å². The van der Waals surface area contributed by atoms with E-state index in [-0.39, 0.29) is 24.7 Å². The standard InChI is InChI=1S/C11H19F3N2O/c12-11(13,14)9-4-2-8(3-5-9)10(17)16-7-1-6-15/h8-9H,1-7,15H2,(H,16,17). The molecule has 0 saturated heterocycles. The fourth-order valence-electron chi connectivity index (χ4n) is 2.14. The second-order valence-corrected chi connectivity index (χ2v) is 4.52. The van der Waals surface area contributed by atoms with E-state index in [2.05, 4.69) is 5.32 Å². The minimum absolute atomic E-state index is 0.0679. The van der Waals surface area contributed by atoms with Crippen LogP contribution in [0.5, 0.6) is 0 Å². The molecular weight excluding hydrogens is 233 g/mol. The molecule has 0 aromatic heterocycles. The number of rotatable bonds is 4. The predicted molar refractivity (Wildman–Crippen MR) is 58.2 cm³/mol. The fourth-order valence-corrected chi connectivity index (χ4v) is 2.14. The van der Waals surface area contributed by atoms with Crippen molar-refractivity contribution in [3.8, 4) is 0 Å². The van der Waals surface area contributed by atoms with Gasteiger partial charge in [-0.15, -0.1) is 0 Å². The molecule has 1 fully saturated rings. The number of nitrogens with two attached hydrogens (primary N) is 1. The van der Waals surface area contributed by atoms with E-state index in [1.54, 1.807) is 0 Å². The average Bonchev–Trinajstić information content (AvgIpc) is 2.28. The monoisotopic (exact) mass is 252 g/mol. The molecule has 0 spiro atoms. The summed E-state index contributed by atoms with van der Waals surface area (Å²) >= 11 is 0. The maximum atomic E-state index is 12.4. The zero-order chi connectivity index (χ0) is 12.9. The van der Waals surface area contributed by atoms with Crippen LogP contribution in [0.4, 0.5) is 13.2 Å². The summed E-state index contributed by atoms with van der Waals surface area (Å²) in [7, 11) is 0. The summed E-state index contributed by atoms with van der Waals surface area (Å²) in [5.41, 5.74) is 5.28. The smallest absolute Gasteiger partial charge is 0.356 e. The van der Waals surface area contributed by atoms with Gasteiger partial charge >= 0.3 is 6.18 Å². The van der Waals surface area contributed by atoms with Crippen LogP contribution in [0.2, 0.25) is 0 Å². The van der Waals surface area contributed by atoms with Gasteiger partial charge in [-0.25, -0.2) is 0 Å². The van der Waals surface area contributed by atoms with Crippen molar-refractivity contribution in [3.63, 3.8) is 0 Å². The van der Waals surface area contributed by atoms with Crippen LogP contribution in [-0.4, -0.2) is 25.2 Å². The molecule has 17 heavy (non-hydrogen) atoms. The Kier molecular flexibility index (Phi) is 5.24. The molecule has 1 aliphatic rings. The van der Waals surface area contributed by atoms with Gasteiger partial charge in [0.25, 0.3) is 0 Å². The number of nitrogens with one attached hydrogen (secondary N) is 1. The van der Waals surface area contributed by atoms with Crippen LogP contribution in [0.3, 0.4) is 0 Å². The van der Waals surface area contributed by atoms with Crippen molar-refractivity contribution >= 4 is 5.91 Å². The van der Waals surface area contributed by atoms with Crippen LogP contribution < -0.4 is 11.1 Å². The van der Waals surface area contributed by atoms with Gasteiger partial charge in [0.15, 0.2) is 0 Å². The first-order valence-electron chi connectivity index (χ1n) is 5.99. The summed E-state index contributed by atoms with van der Waals surface area (Å²) in [4.78, 5) is 11.6. The molecule has 100 valence electrons. The molecule has 0 unspecified atom stereocenters. The summed E-state index contributed by atoms with van der Waals surface area (Å²) in [5.74, 6) is -1.61. The topological polar surface area (TPSA) is 55.1 Å². The molecule has 1 aliphatic carbocycles. The molecule has 0 radical (unpaired) electrons. The Hall–Kier alpha value is -0.780. The van der Waals surface area contributed by atoms with Gasteiger partial charge < -0.3 is 11.1 Å². The lowest BCUT2D eigenvalue weighted by molar-refractivity contribution is -0.184. The average molecular weight is 252 g/mol. The van der Waals surface area contributed by atoms with Crippen molar-refractivity contribution in [2.45, 2.75) is 38.3 Å². The van der Waals surface area contributed by atoms with Crippen molar-refractivity contribution in [3.05, 3.63) is 0 Å². The van der Waals surface area contributed by atoms with Gasteiger partial charge in [-0.1, -0.05) is 0 Å². The third-order valence-electron chi connectivity index (χ3n) is 3.24. The van der Waals surface area contributed by atoms with Gasteiger partial charge in [0.2, 0.25) is 5.91 Å². The first-order chi connectivity index (χ1) is 7.95. The van der Waals surface area contributed by atoms with Crippen LogP contribution in [0, 0.1) is 11.8 Å². The highest BCUT2D eigenvalue weighted by atomic mass is 19.4. The van der Waals surface area contributed by atoms with Crippen LogP contribution in [0.15, 0.2) is 0 Å². The molecule has 0 bridgehead atoms. The summed E-state index contributed by atoms with van der Waals surface area (Å²) in [6.45, 7) is 1.01. The van der Waals surface area contributed by atoms with Gasteiger partial charge in [0.1, 0.15) is 0 Å². The van der Waals surface area contributed by atoms with E-state index < -0.39 is 12.1 Å². The highest BCUT2D eigenvalue weighted by Gasteiger charge is 2.42. The van der Waals surface area contributed by atoms with Crippen LogP contribution >= 0.6 is 0 Å². The maximum absolute atomic E-state index is 12.4. The normalized spacial score (nSPS) is 25.6. The second-order valence-electron chi connectivity index (χ2n) is 4.52. The fraction of sp³-hybridized carbons (Fsp3) is 0.909. The van der Waals surface area contributed by atoms with Crippen LogP contribution in [-0.2, 0) is 4.79 Å². The van der Waals surface area contributed by atoms with Crippen molar-refractivity contribution in [2.75, 3.05) is 13.1 Å². The van der Waals surface area contributed by atoms with E-state index in [0.717, 1.165) is 0 Å². The number of carbonyl (C=O) groups excluding carboxylic acids is 1. The quantitative estimate of drug-likeness (QED) is 0.750. The Balaban J connectivity index is 2.29. The van der Waals surface area contributed by atoms with Crippen molar-refractivity contribution in [1.29, 1.82) is 0 Å². The molecule has 0 aromatic rings. The van der Waals surface area contributed by atoms with Gasteiger partial charge in [0, 0.05) is 12.5 Å². The van der Waals surface area contributed by atoms with Crippen LogP contribution in [0.1, 0.15) is 32.1 Å². The Bertz CT molecular complexity index is 248. The molecule has 0 aliphatic heterocycles. The number of carbonyl (C=O) groups is 1. The third kappa shape index (κ3) is 4.53. The third-order valence-corrected chi connectivity index (χ3v) is 3.24. The molecule has 1 rings (SSSR count). The molecule has 1 amide bonds. The van der Waals surface area contributed by atoms with Crippen molar-refractivity contribution < 1.29 is 18.0 Å².